The van der Waals surface area contributed by atoms with E-state index in [1.807, 2.05) is 30.3 Å². The number of rotatable bonds is 2. The lowest BCUT2D eigenvalue weighted by Crippen LogP contribution is -2.26. The molecule has 2 heteroatoms. The van der Waals surface area contributed by atoms with Crippen molar-refractivity contribution in [2.75, 3.05) is 0 Å². The van der Waals surface area contributed by atoms with Crippen LogP contribution in [0.25, 0.3) is 10.9 Å². The quantitative estimate of drug-likeness (QED) is 0.750. The lowest BCUT2D eigenvalue weighted by Gasteiger charge is -2.31. The first kappa shape index (κ1) is 13.3. The van der Waals surface area contributed by atoms with Crippen LogP contribution in [0.1, 0.15) is 43.5 Å². The van der Waals surface area contributed by atoms with Crippen molar-refractivity contribution in [3.05, 3.63) is 42.1 Å². The molecule has 0 spiro atoms. The number of carbonyl (C=O) groups excluding carboxylic acids is 1. The molecule has 1 aliphatic rings. The van der Waals surface area contributed by atoms with Gasteiger partial charge in [-0.25, -0.2) is 0 Å². The van der Waals surface area contributed by atoms with Gasteiger partial charge >= 0.3 is 0 Å². The number of Topliss-reactive ketones (excluding diaryl/α,β-unsaturated/α-hetero) is 1. The van der Waals surface area contributed by atoms with E-state index in [2.05, 4.69) is 18.8 Å². The molecule has 0 bridgehead atoms. The normalized spacial score (nSPS) is 26.6. The fraction of sp³-hybridized carbons (Fsp3) is 0.444. The number of hydrogen-bond donors (Lipinski definition) is 0. The number of aromatic nitrogens is 1. The van der Waals surface area contributed by atoms with Crippen molar-refractivity contribution in [3.8, 4) is 0 Å². The molecule has 0 radical (unpaired) electrons. The molecule has 1 aliphatic carbocycles. The molecule has 1 aromatic heterocycles. The Balaban J connectivity index is 1.93. The third-order valence-electron chi connectivity index (χ3n) is 4.88. The number of nitrogens with zero attached hydrogens (tertiary/aromatic N) is 1. The van der Waals surface area contributed by atoms with Crippen LogP contribution in [-0.2, 0) is 0 Å². The SMILES string of the molecule is CC1CCC(C(=O)c2cccc3ncccc23)CC1C. The van der Waals surface area contributed by atoms with E-state index >= 15 is 0 Å². The summed E-state index contributed by atoms with van der Waals surface area (Å²) in [6.07, 6.45) is 5.00. The second kappa shape index (κ2) is 5.35. The van der Waals surface area contributed by atoms with Gasteiger partial charge < -0.3 is 0 Å². The minimum absolute atomic E-state index is 0.187. The van der Waals surface area contributed by atoms with Crippen LogP contribution in [0.2, 0.25) is 0 Å². The monoisotopic (exact) mass is 267 g/mol. The van der Waals surface area contributed by atoms with Gasteiger partial charge in [0.25, 0.3) is 0 Å². The lowest BCUT2D eigenvalue weighted by atomic mass is 9.73. The summed E-state index contributed by atoms with van der Waals surface area (Å²) in [5, 5.41) is 0.992. The van der Waals surface area contributed by atoms with E-state index in [-0.39, 0.29) is 5.92 Å². The first-order valence-electron chi connectivity index (χ1n) is 7.54. The third-order valence-corrected chi connectivity index (χ3v) is 4.88. The summed E-state index contributed by atoms with van der Waals surface area (Å²) in [5.41, 5.74) is 1.76. The van der Waals surface area contributed by atoms with Crippen LogP contribution >= 0.6 is 0 Å². The smallest absolute Gasteiger partial charge is 0.166 e. The molecule has 20 heavy (non-hydrogen) atoms. The summed E-state index contributed by atoms with van der Waals surface area (Å²) < 4.78 is 0. The number of carbonyl (C=O) groups is 1. The minimum atomic E-state index is 0.187. The number of pyridine rings is 1. The second-order valence-electron chi connectivity index (χ2n) is 6.20. The third kappa shape index (κ3) is 2.35. The van der Waals surface area contributed by atoms with Crippen molar-refractivity contribution in [1.82, 2.24) is 4.98 Å². The molecule has 3 rings (SSSR count). The van der Waals surface area contributed by atoms with Crippen LogP contribution in [0.4, 0.5) is 0 Å². The lowest BCUT2D eigenvalue weighted by molar-refractivity contribution is 0.0839. The van der Waals surface area contributed by atoms with Crippen LogP contribution < -0.4 is 0 Å². The van der Waals surface area contributed by atoms with Crippen molar-refractivity contribution in [2.24, 2.45) is 17.8 Å². The van der Waals surface area contributed by atoms with E-state index in [1.54, 1.807) is 6.20 Å². The fourth-order valence-electron chi connectivity index (χ4n) is 3.32. The maximum atomic E-state index is 12.8. The summed E-state index contributed by atoms with van der Waals surface area (Å²) in [5.74, 6) is 1.88. The molecule has 1 saturated carbocycles. The van der Waals surface area contributed by atoms with Gasteiger partial charge in [0.05, 0.1) is 5.52 Å². The Labute approximate surface area is 120 Å². The first-order valence-corrected chi connectivity index (χ1v) is 7.54. The summed E-state index contributed by atoms with van der Waals surface area (Å²) in [6, 6.07) is 9.78. The molecular formula is C18H21NO. The van der Waals surface area contributed by atoms with Gasteiger partial charge in [-0.05, 0) is 43.2 Å². The molecule has 3 atom stereocenters. The predicted molar refractivity (Wildman–Crippen MR) is 81.7 cm³/mol. The molecule has 0 aliphatic heterocycles. The molecule has 0 saturated heterocycles. The van der Waals surface area contributed by atoms with Gasteiger partial charge in [0, 0.05) is 23.1 Å². The van der Waals surface area contributed by atoms with Gasteiger partial charge in [-0.1, -0.05) is 32.0 Å². The Hall–Kier alpha value is -1.70. The van der Waals surface area contributed by atoms with Crippen LogP contribution in [0.5, 0.6) is 0 Å². The minimum Gasteiger partial charge on any atom is -0.294 e. The van der Waals surface area contributed by atoms with E-state index in [4.69, 9.17) is 0 Å². The maximum Gasteiger partial charge on any atom is 0.166 e. The van der Waals surface area contributed by atoms with Gasteiger partial charge in [0.15, 0.2) is 5.78 Å². The summed E-state index contributed by atoms with van der Waals surface area (Å²) in [7, 11) is 0. The average Bonchev–Trinajstić information content (AvgIpc) is 2.49. The highest BCUT2D eigenvalue weighted by atomic mass is 16.1. The average molecular weight is 267 g/mol. The number of fused-ring (bicyclic) bond motifs is 1. The zero-order valence-electron chi connectivity index (χ0n) is 12.2. The van der Waals surface area contributed by atoms with Crippen LogP contribution in [0, 0.1) is 17.8 Å². The maximum absolute atomic E-state index is 12.8. The van der Waals surface area contributed by atoms with Crippen LogP contribution in [0.3, 0.4) is 0 Å². The van der Waals surface area contributed by atoms with Gasteiger partial charge in [0.2, 0.25) is 0 Å². The fourth-order valence-corrected chi connectivity index (χ4v) is 3.32. The largest absolute Gasteiger partial charge is 0.294 e. The Morgan fingerprint density at radius 2 is 1.95 bits per heavy atom. The van der Waals surface area contributed by atoms with E-state index in [1.165, 1.54) is 6.42 Å². The molecule has 3 unspecified atom stereocenters. The zero-order chi connectivity index (χ0) is 14.1. The van der Waals surface area contributed by atoms with Gasteiger partial charge in [-0.2, -0.15) is 0 Å². The van der Waals surface area contributed by atoms with Crippen molar-refractivity contribution < 1.29 is 4.79 Å². The van der Waals surface area contributed by atoms with Crippen LogP contribution in [0.15, 0.2) is 36.5 Å². The molecule has 1 aromatic carbocycles. The predicted octanol–water partition coefficient (Wildman–Crippen LogP) is 4.49. The van der Waals surface area contributed by atoms with Crippen LogP contribution in [-0.4, -0.2) is 10.8 Å². The Morgan fingerprint density at radius 3 is 2.75 bits per heavy atom. The molecule has 1 fully saturated rings. The summed E-state index contributed by atoms with van der Waals surface area (Å²) >= 11 is 0. The molecule has 1 heterocycles. The van der Waals surface area contributed by atoms with Crippen molar-refractivity contribution >= 4 is 16.7 Å². The Kier molecular flexibility index (Phi) is 3.56. The number of benzene rings is 1. The van der Waals surface area contributed by atoms with Gasteiger partial charge in [-0.3, -0.25) is 9.78 Å². The topological polar surface area (TPSA) is 30.0 Å². The van der Waals surface area contributed by atoms with E-state index in [9.17, 15) is 4.79 Å². The Bertz CT molecular complexity index is 629. The van der Waals surface area contributed by atoms with E-state index in [0.717, 1.165) is 35.2 Å². The molecule has 0 N–H and O–H groups in total. The Morgan fingerprint density at radius 1 is 1.10 bits per heavy atom. The number of hydrogen-bond acceptors (Lipinski definition) is 2. The summed E-state index contributed by atoms with van der Waals surface area (Å²) in [4.78, 5) is 17.2. The zero-order valence-corrected chi connectivity index (χ0v) is 12.2. The van der Waals surface area contributed by atoms with E-state index in [0.29, 0.717) is 11.7 Å². The molecule has 2 nitrogen and oxygen atoms in total. The van der Waals surface area contributed by atoms with Gasteiger partial charge in [0.1, 0.15) is 0 Å². The molecule has 104 valence electrons. The van der Waals surface area contributed by atoms with Crippen molar-refractivity contribution in [3.63, 3.8) is 0 Å². The highest BCUT2D eigenvalue weighted by Gasteiger charge is 2.30. The second-order valence-corrected chi connectivity index (χ2v) is 6.20. The molecule has 2 aromatic rings. The molecule has 0 amide bonds. The van der Waals surface area contributed by atoms with Crippen molar-refractivity contribution in [1.29, 1.82) is 0 Å². The highest BCUT2D eigenvalue weighted by Crippen LogP contribution is 2.35. The first-order chi connectivity index (χ1) is 9.66. The number of ketones is 1. The van der Waals surface area contributed by atoms with Gasteiger partial charge in [-0.15, -0.1) is 0 Å². The molecular weight excluding hydrogens is 246 g/mol. The van der Waals surface area contributed by atoms with Crippen molar-refractivity contribution in [2.45, 2.75) is 33.1 Å². The standard InChI is InChI=1S/C18H21NO/c1-12-8-9-14(11-13(12)2)18(20)16-5-3-7-17-15(16)6-4-10-19-17/h3-7,10,12-14H,8-9,11H2,1-2H3. The highest BCUT2D eigenvalue weighted by molar-refractivity contribution is 6.08. The van der Waals surface area contributed by atoms with E-state index < -0.39 is 0 Å². The summed E-state index contributed by atoms with van der Waals surface area (Å²) in [6.45, 7) is 4.57.